The van der Waals surface area contributed by atoms with Gasteiger partial charge in [0.2, 0.25) is 11.8 Å². The minimum Gasteiger partial charge on any atom is -0.436 e. The Balaban J connectivity index is 1.63. The molecule has 4 aromatic rings. The molecule has 0 atom stereocenters. The van der Waals surface area contributed by atoms with Crippen molar-refractivity contribution in [3.05, 3.63) is 48.3 Å². The van der Waals surface area contributed by atoms with Crippen molar-refractivity contribution in [2.75, 3.05) is 5.43 Å². The smallest absolute Gasteiger partial charge is 0.242 e. The summed E-state index contributed by atoms with van der Waals surface area (Å²) in [5, 5.41) is 7.96. The van der Waals surface area contributed by atoms with Crippen LogP contribution in [0.15, 0.2) is 47.7 Å². The van der Waals surface area contributed by atoms with Crippen LogP contribution in [0, 0.1) is 0 Å². The zero-order chi connectivity index (χ0) is 14.9. The van der Waals surface area contributed by atoms with Crippen molar-refractivity contribution in [1.82, 2.24) is 29.8 Å². The average molecular weight is 314 g/mol. The number of aromatic nitrogens is 6. The topological polar surface area (TPSA) is 94.6 Å². The first-order chi connectivity index (χ1) is 10.8. The SMILES string of the molecule is Clc1ccc2oc(-c3cnc(Nn4cnnc4)nc3)nc2c1. The van der Waals surface area contributed by atoms with Crippen LogP contribution in [0.4, 0.5) is 5.95 Å². The Kier molecular flexibility index (Phi) is 2.94. The Labute approximate surface area is 128 Å². The fraction of sp³-hybridized carbons (Fsp3) is 0. The van der Waals surface area contributed by atoms with Crippen molar-refractivity contribution in [3.8, 4) is 11.5 Å². The quantitative estimate of drug-likeness (QED) is 0.620. The lowest BCUT2D eigenvalue weighted by Crippen LogP contribution is -2.09. The fourth-order valence-corrected chi connectivity index (χ4v) is 2.06. The lowest BCUT2D eigenvalue weighted by Gasteiger charge is -2.03. The standard InChI is InChI=1S/C13H8ClN7O/c14-9-1-2-11-10(3-9)19-12(22-11)8-4-15-13(16-5-8)20-21-6-17-18-7-21/h1-7H,(H,15,16,20). The van der Waals surface area contributed by atoms with Gasteiger partial charge < -0.3 is 4.42 Å². The lowest BCUT2D eigenvalue weighted by molar-refractivity contribution is 0.619. The van der Waals surface area contributed by atoms with Crippen LogP contribution in [0.3, 0.4) is 0 Å². The highest BCUT2D eigenvalue weighted by Crippen LogP contribution is 2.25. The maximum Gasteiger partial charge on any atom is 0.242 e. The number of rotatable bonds is 3. The largest absolute Gasteiger partial charge is 0.436 e. The molecule has 0 fully saturated rings. The molecule has 22 heavy (non-hydrogen) atoms. The molecule has 0 aliphatic heterocycles. The van der Waals surface area contributed by atoms with Gasteiger partial charge in [-0.15, -0.1) is 10.2 Å². The molecule has 0 unspecified atom stereocenters. The van der Waals surface area contributed by atoms with E-state index >= 15 is 0 Å². The van der Waals surface area contributed by atoms with E-state index in [1.54, 1.807) is 30.6 Å². The van der Waals surface area contributed by atoms with Crippen LogP contribution in [-0.4, -0.2) is 29.8 Å². The van der Waals surface area contributed by atoms with Crippen molar-refractivity contribution in [2.24, 2.45) is 0 Å². The summed E-state index contributed by atoms with van der Waals surface area (Å²) in [4.78, 5) is 12.8. The van der Waals surface area contributed by atoms with Crippen LogP contribution in [0.1, 0.15) is 0 Å². The van der Waals surface area contributed by atoms with Crippen molar-refractivity contribution < 1.29 is 4.42 Å². The highest BCUT2D eigenvalue weighted by molar-refractivity contribution is 6.31. The van der Waals surface area contributed by atoms with Crippen LogP contribution in [0.25, 0.3) is 22.6 Å². The number of nitrogens with one attached hydrogen (secondary N) is 1. The number of hydrogen-bond donors (Lipinski definition) is 1. The van der Waals surface area contributed by atoms with E-state index in [0.717, 1.165) is 0 Å². The molecule has 3 aromatic heterocycles. The summed E-state index contributed by atoms with van der Waals surface area (Å²) in [5.41, 5.74) is 4.91. The summed E-state index contributed by atoms with van der Waals surface area (Å²) in [5.74, 6) is 0.843. The Bertz CT molecular complexity index is 917. The van der Waals surface area contributed by atoms with E-state index in [4.69, 9.17) is 16.0 Å². The summed E-state index contributed by atoms with van der Waals surface area (Å²) in [6.07, 6.45) is 6.24. The maximum atomic E-state index is 5.94. The first kappa shape index (κ1) is 12.7. The Morgan fingerprint density at radius 3 is 2.64 bits per heavy atom. The maximum absolute atomic E-state index is 5.94. The summed E-state index contributed by atoms with van der Waals surface area (Å²) in [7, 11) is 0. The molecule has 108 valence electrons. The van der Waals surface area contributed by atoms with Gasteiger partial charge in [-0.3, -0.25) is 5.43 Å². The highest BCUT2D eigenvalue weighted by Gasteiger charge is 2.09. The van der Waals surface area contributed by atoms with Gasteiger partial charge in [0.1, 0.15) is 18.2 Å². The van der Waals surface area contributed by atoms with E-state index in [9.17, 15) is 0 Å². The van der Waals surface area contributed by atoms with Crippen molar-refractivity contribution in [2.45, 2.75) is 0 Å². The molecule has 1 N–H and O–H groups in total. The van der Waals surface area contributed by atoms with Crippen molar-refractivity contribution >= 4 is 28.6 Å². The molecule has 0 aliphatic rings. The molecule has 1 aromatic carbocycles. The number of anilines is 1. The highest BCUT2D eigenvalue weighted by atomic mass is 35.5. The molecular weight excluding hydrogens is 306 g/mol. The summed E-state index contributed by atoms with van der Waals surface area (Å²) < 4.78 is 7.20. The number of nitrogens with zero attached hydrogens (tertiary/aromatic N) is 6. The number of oxazole rings is 1. The monoisotopic (exact) mass is 313 g/mol. The van der Waals surface area contributed by atoms with E-state index in [-0.39, 0.29) is 0 Å². The Hall–Kier alpha value is -3.00. The lowest BCUT2D eigenvalue weighted by atomic mass is 10.3. The molecule has 0 radical (unpaired) electrons. The summed E-state index contributed by atoms with van der Waals surface area (Å²) in [6, 6.07) is 5.27. The molecule has 4 rings (SSSR count). The molecule has 9 heteroatoms. The molecule has 0 saturated heterocycles. The number of benzene rings is 1. The van der Waals surface area contributed by atoms with Gasteiger partial charge in [-0.05, 0) is 18.2 Å². The second-order valence-electron chi connectivity index (χ2n) is 4.41. The van der Waals surface area contributed by atoms with Gasteiger partial charge >= 0.3 is 0 Å². The van der Waals surface area contributed by atoms with E-state index < -0.39 is 0 Å². The molecule has 0 saturated carbocycles. The van der Waals surface area contributed by atoms with Crippen LogP contribution in [0.2, 0.25) is 5.02 Å². The fourth-order valence-electron chi connectivity index (χ4n) is 1.89. The Morgan fingerprint density at radius 1 is 1.09 bits per heavy atom. The molecular formula is C13H8ClN7O. The molecule has 8 nitrogen and oxygen atoms in total. The molecule has 3 heterocycles. The van der Waals surface area contributed by atoms with E-state index in [1.165, 1.54) is 17.3 Å². The third-order valence-electron chi connectivity index (χ3n) is 2.90. The number of hydrogen-bond acceptors (Lipinski definition) is 7. The normalized spacial score (nSPS) is 11.0. The Morgan fingerprint density at radius 2 is 1.86 bits per heavy atom. The minimum absolute atomic E-state index is 0.405. The van der Waals surface area contributed by atoms with E-state index in [2.05, 4.69) is 30.6 Å². The average Bonchev–Trinajstić information content (AvgIpc) is 3.17. The van der Waals surface area contributed by atoms with Crippen LogP contribution in [0.5, 0.6) is 0 Å². The summed E-state index contributed by atoms with van der Waals surface area (Å²) in [6.45, 7) is 0. The molecule has 0 bridgehead atoms. The molecule has 0 aliphatic carbocycles. The predicted octanol–water partition coefficient (Wildman–Crippen LogP) is 2.40. The predicted molar refractivity (Wildman–Crippen MR) is 79.1 cm³/mol. The summed E-state index contributed by atoms with van der Waals surface area (Å²) >= 11 is 5.94. The van der Waals surface area contributed by atoms with Crippen molar-refractivity contribution in [3.63, 3.8) is 0 Å². The van der Waals surface area contributed by atoms with Gasteiger partial charge in [-0.2, -0.15) is 0 Å². The second kappa shape index (κ2) is 5.08. The first-order valence-electron chi connectivity index (χ1n) is 6.28. The zero-order valence-corrected chi connectivity index (χ0v) is 11.8. The van der Waals surface area contributed by atoms with Crippen LogP contribution in [-0.2, 0) is 0 Å². The number of halogens is 1. The van der Waals surface area contributed by atoms with Gasteiger partial charge in [0.15, 0.2) is 5.58 Å². The third kappa shape index (κ3) is 2.35. The van der Waals surface area contributed by atoms with Crippen molar-refractivity contribution in [1.29, 1.82) is 0 Å². The van der Waals surface area contributed by atoms with Gasteiger partial charge in [0, 0.05) is 17.4 Å². The van der Waals surface area contributed by atoms with Crippen LogP contribution >= 0.6 is 11.6 Å². The first-order valence-corrected chi connectivity index (χ1v) is 6.66. The van der Waals surface area contributed by atoms with Gasteiger partial charge in [0.05, 0.1) is 5.56 Å². The second-order valence-corrected chi connectivity index (χ2v) is 4.84. The zero-order valence-electron chi connectivity index (χ0n) is 11.0. The van der Waals surface area contributed by atoms with Gasteiger partial charge in [-0.25, -0.2) is 19.6 Å². The van der Waals surface area contributed by atoms with E-state index in [1.807, 2.05) is 0 Å². The molecule has 0 spiro atoms. The van der Waals surface area contributed by atoms with E-state index in [0.29, 0.717) is 33.5 Å². The minimum atomic E-state index is 0.405. The van der Waals surface area contributed by atoms with Crippen LogP contribution < -0.4 is 5.43 Å². The number of fused-ring (bicyclic) bond motifs is 1. The third-order valence-corrected chi connectivity index (χ3v) is 3.13. The van der Waals surface area contributed by atoms with Gasteiger partial charge in [-0.1, -0.05) is 11.6 Å². The van der Waals surface area contributed by atoms with Gasteiger partial charge in [0.25, 0.3) is 0 Å². The molecule has 0 amide bonds.